The lowest BCUT2D eigenvalue weighted by Crippen LogP contribution is -2.24. The minimum Gasteiger partial charge on any atom is -0.267 e. The van der Waals surface area contributed by atoms with Crippen molar-refractivity contribution in [2.75, 3.05) is 0 Å². The molecular formula is C12H18N2. The van der Waals surface area contributed by atoms with Crippen LogP contribution in [0.25, 0.3) is 0 Å². The van der Waals surface area contributed by atoms with Crippen molar-refractivity contribution in [1.29, 1.82) is 0 Å². The summed E-state index contributed by atoms with van der Waals surface area (Å²) in [6.07, 6.45) is 7.74. The van der Waals surface area contributed by atoms with Crippen molar-refractivity contribution in [2.24, 2.45) is 0 Å². The van der Waals surface area contributed by atoms with E-state index in [1.165, 1.54) is 25.7 Å². The highest BCUT2D eigenvalue weighted by molar-refractivity contribution is 5.32. The van der Waals surface area contributed by atoms with Gasteiger partial charge in [0.25, 0.3) is 0 Å². The quantitative estimate of drug-likeness (QED) is 0.665. The molecule has 0 aliphatic heterocycles. The summed E-state index contributed by atoms with van der Waals surface area (Å²) in [5.74, 6) is 1.65. The molecule has 1 saturated carbocycles. The SMILES string of the molecule is CC(C)n1ncc2c1C1CCC2CC1. The van der Waals surface area contributed by atoms with E-state index in [0.717, 1.165) is 11.8 Å². The zero-order chi connectivity index (χ0) is 9.71. The molecule has 0 unspecified atom stereocenters. The highest BCUT2D eigenvalue weighted by atomic mass is 15.3. The summed E-state index contributed by atoms with van der Waals surface area (Å²) >= 11 is 0. The number of hydrogen-bond acceptors (Lipinski definition) is 1. The molecule has 0 atom stereocenters. The first-order chi connectivity index (χ1) is 6.77. The predicted molar refractivity (Wildman–Crippen MR) is 56.6 cm³/mol. The first-order valence-corrected chi connectivity index (χ1v) is 5.84. The van der Waals surface area contributed by atoms with E-state index in [4.69, 9.17) is 0 Å². The zero-order valence-corrected chi connectivity index (χ0v) is 9.03. The second-order valence-electron chi connectivity index (χ2n) is 5.07. The van der Waals surface area contributed by atoms with Crippen LogP contribution in [0.4, 0.5) is 0 Å². The van der Waals surface area contributed by atoms with Gasteiger partial charge in [0.15, 0.2) is 0 Å². The lowest BCUT2D eigenvalue weighted by atomic mass is 9.70. The molecule has 2 bridgehead atoms. The predicted octanol–water partition coefficient (Wildman–Crippen LogP) is 3.22. The topological polar surface area (TPSA) is 17.8 Å². The second kappa shape index (κ2) is 2.85. The van der Waals surface area contributed by atoms with Crippen molar-refractivity contribution in [2.45, 2.75) is 57.4 Å². The van der Waals surface area contributed by atoms with Gasteiger partial charge in [-0.15, -0.1) is 0 Å². The summed E-state index contributed by atoms with van der Waals surface area (Å²) in [4.78, 5) is 0. The molecule has 0 saturated heterocycles. The molecule has 1 fully saturated rings. The number of nitrogens with zero attached hydrogens (tertiary/aromatic N) is 2. The molecule has 2 heteroatoms. The maximum atomic E-state index is 4.55. The van der Waals surface area contributed by atoms with Crippen molar-refractivity contribution in [1.82, 2.24) is 9.78 Å². The Morgan fingerprint density at radius 1 is 1.21 bits per heavy atom. The van der Waals surface area contributed by atoms with Crippen LogP contribution in [-0.2, 0) is 0 Å². The van der Waals surface area contributed by atoms with E-state index in [-0.39, 0.29) is 0 Å². The molecule has 0 radical (unpaired) electrons. The summed E-state index contributed by atoms with van der Waals surface area (Å²) in [5.41, 5.74) is 3.14. The van der Waals surface area contributed by atoms with Crippen LogP contribution < -0.4 is 0 Å². The van der Waals surface area contributed by atoms with Crippen LogP contribution in [0.3, 0.4) is 0 Å². The fraction of sp³-hybridized carbons (Fsp3) is 0.750. The first-order valence-electron chi connectivity index (χ1n) is 5.84. The average molecular weight is 190 g/mol. The van der Waals surface area contributed by atoms with Crippen LogP contribution >= 0.6 is 0 Å². The number of rotatable bonds is 1. The van der Waals surface area contributed by atoms with Gasteiger partial charge >= 0.3 is 0 Å². The molecule has 1 heterocycles. The molecule has 0 amide bonds. The lowest BCUT2D eigenvalue weighted by Gasteiger charge is -2.36. The summed E-state index contributed by atoms with van der Waals surface area (Å²) in [5, 5.41) is 4.55. The van der Waals surface area contributed by atoms with Gasteiger partial charge < -0.3 is 0 Å². The molecule has 1 aromatic rings. The summed E-state index contributed by atoms with van der Waals surface area (Å²) in [6.45, 7) is 4.46. The van der Waals surface area contributed by atoms with Gasteiger partial charge in [0.05, 0.1) is 6.20 Å². The Morgan fingerprint density at radius 3 is 2.50 bits per heavy atom. The van der Waals surface area contributed by atoms with Crippen molar-refractivity contribution < 1.29 is 0 Å². The Hall–Kier alpha value is -0.790. The second-order valence-corrected chi connectivity index (χ2v) is 5.07. The smallest absolute Gasteiger partial charge is 0.0527 e. The molecule has 0 N–H and O–H groups in total. The van der Waals surface area contributed by atoms with Gasteiger partial charge in [-0.2, -0.15) is 5.10 Å². The van der Waals surface area contributed by atoms with Crippen LogP contribution in [-0.4, -0.2) is 9.78 Å². The van der Waals surface area contributed by atoms with E-state index in [9.17, 15) is 0 Å². The third kappa shape index (κ3) is 0.999. The average Bonchev–Trinajstić information content (AvgIpc) is 2.65. The van der Waals surface area contributed by atoms with Gasteiger partial charge in [0.1, 0.15) is 0 Å². The van der Waals surface area contributed by atoms with E-state index in [1.54, 1.807) is 11.3 Å². The minimum absolute atomic E-state index is 0.526. The third-order valence-corrected chi connectivity index (χ3v) is 3.91. The third-order valence-electron chi connectivity index (χ3n) is 3.91. The summed E-state index contributed by atoms with van der Waals surface area (Å²) in [7, 11) is 0. The molecular weight excluding hydrogens is 172 g/mol. The number of hydrogen-bond donors (Lipinski definition) is 0. The molecule has 3 aliphatic carbocycles. The van der Waals surface area contributed by atoms with Crippen molar-refractivity contribution in [3.05, 3.63) is 17.5 Å². The van der Waals surface area contributed by atoms with E-state index in [2.05, 4.69) is 29.8 Å². The normalized spacial score (nSPS) is 29.6. The molecule has 76 valence electrons. The Morgan fingerprint density at radius 2 is 1.86 bits per heavy atom. The maximum absolute atomic E-state index is 4.55. The summed E-state index contributed by atoms with van der Waals surface area (Å²) < 4.78 is 2.26. The zero-order valence-electron chi connectivity index (χ0n) is 9.03. The van der Waals surface area contributed by atoms with Gasteiger partial charge in [-0.05, 0) is 51.0 Å². The monoisotopic (exact) mass is 190 g/mol. The van der Waals surface area contributed by atoms with E-state index in [0.29, 0.717) is 6.04 Å². The van der Waals surface area contributed by atoms with Gasteiger partial charge in [0.2, 0.25) is 0 Å². The Bertz CT molecular complexity index is 330. The Labute approximate surface area is 85.3 Å². The van der Waals surface area contributed by atoms with Crippen LogP contribution in [0.1, 0.15) is 68.7 Å². The molecule has 0 aromatic carbocycles. The lowest BCUT2D eigenvalue weighted by molar-refractivity contribution is 0.333. The Kier molecular flexibility index (Phi) is 1.73. The van der Waals surface area contributed by atoms with Crippen molar-refractivity contribution in [3.8, 4) is 0 Å². The van der Waals surface area contributed by atoms with Gasteiger partial charge in [-0.1, -0.05) is 0 Å². The van der Waals surface area contributed by atoms with E-state index in [1.807, 2.05) is 0 Å². The van der Waals surface area contributed by atoms with Crippen LogP contribution in [0.15, 0.2) is 6.20 Å². The summed E-state index contributed by atoms with van der Waals surface area (Å²) in [6, 6.07) is 0.526. The van der Waals surface area contributed by atoms with E-state index >= 15 is 0 Å². The van der Waals surface area contributed by atoms with Crippen molar-refractivity contribution in [3.63, 3.8) is 0 Å². The molecule has 4 rings (SSSR count). The Balaban J connectivity index is 2.13. The highest BCUT2D eigenvalue weighted by Gasteiger charge is 2.36. The van der Waals surface area contributed by atoms with Gasteiger partial charge in [-0.25, -0.2) is 0 Å². The molecule has 3 aliphatic rings. The molecule has 1 aromatic heterocycles. The standard InChI is InChI=1S/C12H18N2/c1-8(2)14-12-10-5-3-9(4-6-10)11(12)7-13-14/h7-10H,3-6H2,1-2H3. The van der Waals surface area contributed by atoms with Crippen molar-refractivity contribution >= 4 is 0 Å². The largest absolute Gasteiger partial charge is 0.267 e. The van der Waals surface area contributed by atoms with Gasteiger partial charge in [-0.3, -0.25) is 4.68 Å². The fourth-order valence-electron chi connectivity index (χ4n) is 3.21. The van der Waals surface area contributed by atoms with Gasteiger partial charge in [0, 0.05) is 17.7 Å². The molecule has 0 spiro atoms. The van der Waals surface area contributed by atoms with E-state index < -0.39 is 0 Å². The molecule has 2 nitrogen and oxygen atoms in total. The fourth-order valence-corrected chi connectivity index (χ4v) is 3.21. The highest BCUT2D eigenvalue weighted by Crippen LogP contribution is 2.49. The molecule has 14 heavy (non-hydrogen) atoms. The number of fused-ring (bicyclic) bond motifs is 2. The van der Waals surface area contributed by atoms with Crippen LogP contribution in [0.2, 0.25) is 0 Å². The van der Waals surface area contributed by atoms with Crippen LogP contribution in [0, 0.1) is 0 Å². The first kappa shape index (κ1) is 8.51. The minimum atomic E-state index is 0.526. The van der Waals surface area contributed by atoms with Crippen LogP contribution in [0.5, 0.6) is 0 Å². The maximum Gasteiger partial charge on any atom is 0.0527 e. The number of aromatic nitrogens is 2.